The summed E-state index contributed by atoms with van der Waals surface area (Å²) in [6.45, 7) is 5.97. The summed E-state index contributed by atoms with van der Waals surface area (Å²) in [5.41, 5.74) is 4.13. The van der Waals surface area contributed by atoms with E-state index in [-0.39, 0.29) is 0 Å². The lowest BCUT2D eigenvalue weighted by Crippen LogP contribution is -2.36. The quantitative estimate of drug-likeness (QED) is 0.777. The molecule has 1 aromatic heterocycles. The Morgan fingerprint density at radius 2 is 1.96 bits per heavy atom. The molecule has 1 aromatic carbocycles. The van der Waals surface area contributed by atoms with E-state index in [2.05, 4.69) is 4.98 Å². The first kappa shape index (κ1) is 17.4. The standard InChI is InChI=1S/C20H23NO4/c1-13-19-17(12-24-20(2,3)25-19)16(11-22)18(21-13)10-7-14-5-8-15(23-4)9-6-14/h5-6,8-9,11H,7,10,12H2,1-4H3. The second-order valence-electron chi connectivity index (χ2n) is 6.62. The Morgan fingerprint density at radius 3 is 2.60 bits per heavy atom. The summed E-state index contributed by atoms with van der Waals surface area (Å²) >= 11 is 0. The van der Waals surface area contributed by atoms with E-state index in [0.29, 0.717) is 24.3 Å². The average molecular weight is 341 g/mol. The van der Waals surface area contributed by atoms with E-state index in [1.165, 1.54) is 5.56 Å². The predicted octanol–water partition coefficient (Wildman–Crippen LogP) is 3.64. The number of aryl methyl sites for hydroxylation is 3. The number of benzene rings is 1. The molecule has 5 nitrogen and oxygen atoms in total. The summed E-state index contributed by atoms with van der Waals surface area (Å²) in [5.74, 6) is 0.799. The van der Waals surface area contributed by atoms with Gasteiger partial charge in [-0.2, -0.15) is 0 Å². The molecule has 0 saturated heterocycles. The van der Waals surface area contributed by atoms with Crippen molar-refractivity contribution in [3.63, 3.8) is 0 Å². The molecule has 1 aliphatic rings. The minimum atomic E-state index is -0.704. The van der Waals surface area contributed by atoms with Gasteiger partial charge >= 0.3 is 0 Å². The molecule has 1 aliphatic heterocycles. The van der Waals surface area contributed by atoms with Crippen LogP contribution < -0.4 is 9.47 Å². The maximum absolute atomic E-state index is 11.7. The number of nitrogens with zero attached hydrogens (tertiary/aromatic N) is 1. The minimum absolute atomic E-state index is 0.356. The number of carbonyl (C=O) groups excluding carboxylic acids is 1. The van der Waals surface area contributed by atoms with Crippen molar-refractivity contribution < 1.29 is 19.0 Å². The third-order valence-corrected chi connectivity index (χ3v) is 4.38. The summed E-state index contributed by atoms with van der Waals surface area (Å²) in [7, 11) is 1.65. The van der Waals surface area contributed by atoms with Gasteiger partial charge in [-0.3, -0.25) is 9.78 Å². The van der Waals surface area contributed by atoms with Crippen LogP contribution in [-0.4, -0.2) is 24.2 Å². The molecule has 0 fully saturated rings. The lowest BCUT2D eigenvalue weighted by Gasteiger charge is -2.34. The number of carbonyl (C=O) groups is 1. The van der Waals surface area contributed by atoms with Gasteiger partial charge in [0.25, 0.3) is 0 Å². The van der Waals surface area contributed by atoms with Gasteiger partial charge in [0, 0.05) is 25.0 Å². The molecular weight excluding hydrogens is 318 g/mol. The third kappa shape index (κ3) is 3.66. The molecule has 2 heterocycles. The van der Waals surface area contributed by atoms with Gasteiger partial charge in [-0.25, -0.2) is 0 Å². The van der Waals surface area contributed by atoms with Crippen molar-refractivity contribution in [3.8, 4) is 11.5 Å². The van der Waals surface area contributed by atoms with E-state index in [0.717, 1.165) is 35.4 Å². The zero-order valence-corrected chi connectivity index (χ0v) is 15.1. The first-order valence-corrected chi connectivity index (χ1v) is 8.37. The van der Waals surface area contributed by atoms with Crippen LogP contribution in [0.3, 0.4) is 0 Å². The highest BCUT2D eigenvalue weighted by atomic mass is 16.7. The molecule has 25 heavy (non-hydrogen) atoms. The summed E-state index contributed by atoms with van der Waals surface area (Å²) in [6.07, 6.45) is 2.33. The number of aldehydes is 1. The van der Waals surface area contributed by atoms with E-state index in [1.807, 2.05) is 45.0 Å². The van der Waals surface area contributed by atoms with Crippen LogP contribution in [0.5, 0.6) is 11.5 Å². The maximum atomic E-state index is 11.7. The highest BCUT2D eigenvalue weighted by Gasteiger charge is 2.31. The normalized spacial score (nSPS) is 15.2. The van der Waals surface area contributed by atoms with Gasteiger partial charge in [-0.15, -0.1) is 0 Å². The fourth-order valence-electron chi connectivity index (χ4n) is 3.01. The maximum Gasteiger partial charge on any atom is 0.205 e. The summed E-state index contributed by atoms with van der Waals surface area (Å²) in [5, 5.41) is 0. The van der Waals surface area contributed by atoms with E-state index in [4.69, 9.17) is 14.2 Å². The molecule has 5 heteroatoms. The monoisotopic (exact) mass is 341 g/mol. The van der Waals surface area contributed by atoms with Crippen molar-refractivity contribution >= 4 is 6.29 Å². The largest absolute Gasteiger partial charge is 0.497 e. The number of rotatable bonds is 5. The van der Waals surface area contributed by atoms with Crippen molar-refractivity contribution in [2.45, 2.75) is 46.0 Å². The fraction of sp³-hybridized carbons (Fsp3) is 0.400. The second kappa shape index (κ2) is 6.84. The summed E-state index contributed by atoms with van der Waals surface area (Å²) < 4.78 is 16.8. The molecule has 0 spiro atoms. The molecular formula is C20H23NO4. The zero-order chi connectivity index (χ0) is 18.0. The minimum Gasteiger partial charge on any atom is -0.497 e. The number of fused-ring (bicyclic) bond motifs is 1. The first-order valence-electron chi connectivity index (χ1n) is 8.37. The van der Waals surface area contributed by atoms with Crippen LogP contribution in [0.25, 0.3) is 0 Å². The molecule has 132 valence electrons. The van der Waals surface area contributed by atoms with Crippen molar-refractivity contribution in [2.24, 2.45) is 0 Å². The Balaban J connectivity index is 1.86. The van der Waals surface area contributed by atoms with Crippen LogP contribution in [0.4, 0.5) is 0 Å². The van der Waals surface area contributed by atoms with Crippen LogP contribution in [0, 0.1) is 6.92 Å². The topological polar surface area (TPSA) is 57.7 Å². The van der Waals surface area contributed by atoms with Crippen LogP contribution >= 0.6 is 0 Å². The van der Waals surface area contributed by atoms with Crippen molar-refractivity contribution in [3.05, 3.63) is 52.3 Å². The number of ether oxygens (including phenoxy) is 3. The van der Waals surface area contributed by atoms with Crippen LogP contribution in [0.15, 0.2) is 24.3 Å². The highest BCUT2D eigenvalue weighted by Crippen LogP contribution is 2.36. The SMILES string of the molecule is COc1ccc(CCc2nc(C)c3c(c2C=O)COC(C)(C)O3)cc1. The smallest absolute Gasteiger partial charge is 0.205 e. The van der Waals surface area contributed by atoms with Crippen LogP contribution in [-0.2, 0) is 24.2 Å². The molecule has 0 N–H and O–H groups in total. The summed E-state index contributed by atoms with van der Waals surface area (Å²) in [4.78, 5) is 16.3. The van der Waals surface area contributed by atoms with Crippen molar-refractivity contribution in [2.75, 3.05) is 7.11 Å². The van der Waals surface area contributed by atoms with Gasteiger partial charge in [0.05, 0.1) is 25.1 Å². The predicted molar refractivity (Wildman–Crippen MR) is 94.3 cm³/mol. The van der Waals surface area contributed by atoms with Gasteiger partial charge in [0.2, 0.25) is 5.79 Å². The lowest BCUT2D eigenvalue weighted by atomic mass is 9.99. The van der Waals surface area contributed by atoms with Crippen LogP contribution in [0.1, 0.15) is 46.7 Å². The Bertz CT molecular complexity index is 781. The fourth-order valence-corrected chi connectivity index (χ4v) is 3.01. The van der Waals surface area contributed by atoms with Crippen molar-refractivity contribution in [1.29, 1.82) is 0 Å². The van der Waals surface area contributed by atoms with E-state index >= 15 is 0 Å². The molecule has 3 rings (SSSR count). The van der Waals surface area contributed by atoms with Gasteiger partial charge in [-0.05, 0) is 37.5 Å². The molecule has 0 saturated carbocycles. The molecule has 2 aromatic rings. The molecule has 0 amide bonds. The number of aromatic nitrogens is 1. The Kier molecular flexibility index (Phi) is 4.77. The zero-order valence-electron chi connectivity index (χ0n) is 15.1. The summed E-state index contributed by atoms with van der Waals surface area (Å²) in [6, 6.07) is 7.93. The first-order chi connectivity index (χ1) is 11.9. The Morgan fingerprint density at radius 1 is 1.24 bits per heavy atom. The number of methoxy groups -OCH3 is 1. The molecule has 0 unspecified atom stereocenters. The van der Waals surface area contributed by atoms with Gasteiger partial charge < -0.3 is 14.2 Å². The second-order valence-corrected chi connectivity index (χ2v) is 6.62. The molecule has 0 atom stereocenters. The molecule has 0 bridgehead atoms. The lowest BCUT2D eigenvalue weighted by molar-refractivity contribution is -0.180. The number of pyridine rings is 1. The van der Waals surface area contributed by atoms with Crippen LogP contribution in [0.2, 0.25) is 0 Å². The van der Waals surface area contributed by atoms with Gasteiger partial charge in [0.15, 0.2) is 12.0 Å². The van der Waals surface area contributed by atoms with Gasteiger partial charge in [-0.1, -0.05) is 12.1 Å². The number of hydrogen-bond acceptors (Lipinski definition) is 5. The van der Waals surface area contributed by atoms with E-state index < -0.39 is 5.79 Å². The van der Waals surface area contributed by atoms with Crippen molar-refractivity contribution in [1.82, 2.24) is 4.98 Å². The molecule has 0 radical (unpaired) electrons. The number of hydrogen-bond donors (Lipinski definition) is 0. The Labute approximate surface area is 147 Å². The average Bonchev–Trinajstić information content (AvgIpc) is 2.60. The Hall–Kier alpha value is -2.40. The van der Waals surface area contributed by atoms with E-state index in [1.54, 1.807) is 7.11 Å². The van der Waals surface area contributed by atoms with Gasteiger partial charge in [0.1, 0.15) is 5.75 Å². The van der Waals surface area contributed by atoms with E-state index in [9.17, 15) is 4.79 Å². The highest BCUT2D eigenvalue weighted by molar-refractivity contribution is 5.80. The molecule has 0 aliphatic carbocycles. The third-order valence-electron chi connectivity index (χ3n) is 4.38.